The van der Waals surface area contributed by atoms with E-state index in [0.29, 0.717) is 18.4 Å². The van der Waals surface area contributed by atoms with Crippen LogP contribution in [0.5, 0.6) is 0 Å². The van der Waals surface area contributed by atoms with E-state index in [1.54, 1.807) is 12.2 Å². The molecule has 0 heterocycles. The van der Waals surface area contributed by atoms with Gasteiger partial charge in [-0.2, -0.15) is 0 Å². The van der Waals surface area contributed by atoms with E-state index in [4.69, 9.17) is 10.5 Å². The lowest BCUT2D eigenvalue weighted by Gasteiger charge is -2.29. The molecule has 0 aliphatic rings. The van der Waals surface area contributed by atoms with Gasteiger partial charge < -0.3 is 4.74 Å². The molecule has 0 fully saturated rings. The topological polar surface area (TPSA) is 52.3 Å². The molecule has 0 aromatic heterocycles. The quantitative estimate of drug-likeness (QED) is 0.301. The van der Waals surface area contributed by atoms with Crippen LogP contribution < -0.4 is 5.73 Å². The molecule has 0 aliphatic heterocycles. The highest BCUT2D eigenvalue weighted by Crippen LogP contribution is 2.22. The Hall–Kier alpha value is -1.61. The first-order valence-corrected chi connectivity index (χ1v) is 4.54. The van der Waals surface area contributed by atoms with Crippen LogP contribution in [0.4, 0.5) is 0 Å². The van der Waals surface area contributed by atoms with Gasteiger partial charge in [0.2, 0.25) is 0 Å². The maximum atomic E-state index is 11.1. The summed E-state index contributed by atoms with van der Waals surface area (Å²) in [5.41, 5.74) is 5.26. The third kappa shape index (κ3) is 3.95. The van der Waals surface area contributed by atoms with Gasteiger partial charge in [-0.1, -0.05) is 25.3 Å². The van der Waals surface area contributed by atoms with E-state index < -0.39 is 11.7 Å². The maximum Gasteiger partial charge on any atom is 0.332 e. The summed E-state index contributed by atoms with van der Waals surface area (Å²) in [6.45, 7) is 14.2. The molecule has 0 bridgehead atoms. The molecule has 0 rings (SSSR count). The number of nitrogens with two attached hydrogens (primary N) is 1. The standard InChI is InChI=1S/C12H17NO2/c1-5-8-10(4)12(13,9-6-2)15-11(14)7-3/h5-7H,1-4,8-9,13H2. The lowest BCUT2D eigenvalue weighted by atomic mass is 9.98. The van der Waals surface area contributed by atoms with Gasteiger partial charge in [-0.05, 0) is 12.0 Å². The number of hydrogen-bond acceptors (Lipinski definition) is 3. The van der Waals surface area contributed by atoms with Gasteiger partial charge >= 0.3 is 5.97 Å². The minimum atomic E-state index is -1.22. The Morgan fingerprint density at radius 1 is 1.33 bits per heavy atom. The SMILES string of the molecule is C=CCC(=C)C(N)(CC=C)OC(=O)C=C. The number of carbonyl (C=O) groups excluding carboxylic acids is 1. The highest BCUT2D eigenvalue weighted by Gasteiger charge is 2.30. The third-order valence-electron chi connectivity index (χ3n) is 1.89. The molecular weight excluding hydrogens is 190 g/mol. The van der Waals surface area contributed by atoms with E-state index in [-0.39, 0.29) is 0 Å². The molecule has 15 heavy (non-hydrogen) atoms. The fourth-order valence-electron chi connectivity index (χ4n) is 1.04. The Kier molecular flexibility index (Phi) is 5.34. The van der Waals surface area contributed by atoms with Crippen LogP contribution in [0.15, 0.2) is 50.1 Å². The monoisotopic (exact) mass is 207 g/mol. The molecule has 0 aliphatic carbocycles. The first-order chi connectivity index (χ1) is 7.00. The average molecular weight is 207 g/mol. The van der Waals surface area contributed by atoms with E-state index in [1.165, 1.54) is 0 Å². The number of esters is 1. The Morgan fingerprint density at radius 3 is 2.33 bits per heavy atom. The van der Waals surface area contributed by atoms with Crippen LogP contribution in [0, 0.1) is 0 Å². The molecule has 0 amide bonds. The lowest BCUT2D eigenvalue weighted by Crippen LogP contribution is -2.45. The average Bonchev–Trinajstić information content (AvgIpc) is 2.18. The maximum absolute atomic E-state index is 11.1. The Morgan fingerprint density at radius 2 is 1.93 bits per heavy atom. The summed E-state index contributed by atoms with van der Waals surface area (Å²) in [7, 11) is 0. The highest BCUT2D eigenvalue weighted by atomic mass is 16.6. The van der Waals surface area contributed by atoms with Crippen molar-refractivity contribution in [3.05, 3.63) is 50.1 Å². The normalized spacial score (nSPS) is 13.4. The molecule has 0 aromatic rings. The molecule has 1 unspecified atom stereocenters. The van der Waals surface area contributed by atoms with E-state index in [9.17, 15) is 4.79 Å². The fraction of sp³-hybridized carbons (Fsp3) is 0.250. The molecule has 0 saturated carbocycles. The van der Waals surface area contributed by atoms with Crippen molar-refractivity contribution in [3.8, 4) is 0 Å². The number of hydrogen-bond donors (Lipinski definition) is 1. The second kappa shape index (κ2) is 5.98. The molecule has 0 radical (unpaired) electrons. The van der Waals surface area contributed by atoms with Crippen molar-refractivity contribution in [3.63, 3.8) is 0 Å². The first-order valence-electron chi connectivity index (χ1n) is 4.54. The minimum Gasteiger partial charge on any atom is -0.437 e. The third-order valence-corrected chi connectivity index (χ3v) is 1.89. The Labute approximate surface area is 90.6 Å². The van der Waals surface area contributed by atoms with Gasteiger partial charge in [0.15, 0.2) is 5.72 Å². The van der Waals surface area contributed by atoms with Crippen molar-refractivity contribution in [2.24, 2.45) is 5.73 Å². The zero-order valence-electron chi connectivity index (χ0n) is 8.87. The van der Waals surface area contributed by atoms with Crippen molar-refractivity contribution in [2.75, 3.05) is 0 Å². The summed E-state index contributed by atoms with van der Waals surface area (Å²) in [4.78, 5) is 11.1. The number of carbonyl (C=O) groups is 1. The van der Waals surface area contributed by atoms with Gasteiger partial charge in [-0.3, -0.25) is 5.73 Å². The van der Waals surface area contributed by atoms with Crippen molar-refractivity contribution < 1.29 is 9.53 Å². The van der Waals surface area contributed by atoms with Crippen LogP contribution in [0.3, 0.4) is 0 Å². The van der Waals surface area contributed by atoms with E-state index >= 15 is 0 Å². The molecule has 0 saturated heterocycles. The summed E-state index contributed by atoms with van der Waals surface area (Å²) in [6.07, 6.45) is 5.07. The second-order valence-electron chi connectivity index (χ2n) is 3.10. The fourth-order valence-corrected chi connectivity index (χ4v) is 1.04. The van der Waals surface area contributed by atoms with Crippen LogP contribution in [-0.4, -0.2) is 11.7 Å². The smallest absolute Gasteiger partial charge is 0.332 e. The van der Waals surface area contributed by atoms with Gasteiger partial charge in [0.25, 0.3) is 0 Å². The number of ether oxygens (including phenoxy) is 1. The Bertz CT molecular complexity index is 294. The molecule has 0 spiro atoms. The van der Waals surface area contributed by atoms with Gasteiger partial charge in [0.1, 0.15) is 0 Å². The van der Waals surface area contributed by atoms with Gasteiger partial charge in [-0.15, -0.1) is 13.2 Å². The highest BCUT2D eigenvalue weighted by molar-refractivity contribution is 5.81. The van der Waals surface area contributed by atoms with Gasteiger partial charge in [-0.25, -0.2) is 4.79 Å². The van der Waals surface area contributed by atoms with E-state index in [2.05, 4.69) is 26.3 Å². The molecule has 82 valence electrons. The Balaban J connectivity index is 4.77. The van der Waals surface area contributed by atoms with Crippen molar-refractivity contribution >= 4 is 5.97 Å². The van der Waals surface area contributed by atoms with Crippen molar-refractivity contribution in [1.82, 2.24) is 0 Å². The van der Waals surface area contributed by atoms with Crippen LogP contribution in [0.25, 0.3) is 0 Å². The van der Waals surface area contributed by atoms with Crippen LogP contribution in [0.1, 0.15) is 12.8 Å². The first kappa shape index (κ1) is 13.4. The van der Waals surface area contributed by atoms with Crippen LogP contribution in [0.2, 0.25) is 0 Å². The van der Waals surface area contributed by atoms with Crippen molar-refractivity contribution in [1.29, 1.82) is 0 Å². The molecule has 3 heteroatoms. The molecule has 1 atom stereocenters. The van der Waals surface area contributed by atoms with E-state index in [0.717, 1.165) is 6.08 Å². The lowest BCUT2D eigenvalue weighted by molar-refractivity contribution is -0.149. The minimum absolute atomic E-state index is 0.305. The van der Waals surface area contributed by atoms with Gasteiger partial charge in [0.05, 0.1) is 0 Å². The summed E-state index contributed by atoms with van der Waals surface area (Å²) in [5.74, 6) is -0.579. The summed E-state index contributed by atoms with van der Waals surface area (Å²) < 4.78 is 5.04. The molecule has 3 nitrogen and oxygen atoms in total. The predicted octanol–water partition coefficient (Wildman–Crippen LogP) is 2.08. The largest absolute Gasteiger partial charge is 0.437 e. The summed E-state index contributed by atoms with van der Waals surface area (Å²) in [6, 6.07) is 0. The zero-order chi connectivity index (χ0) is 11.9. The van der Waals surface area contributed by atoms with Gasteiger partial charge in [0, 0.05) is 12.5 Å². The zero-order valence-corrected chi connectivity index (χ0v) is 8.87. The summed E-state index contributed by atoms with van der Waals surface area (Å²) >= 11 is 0. The predicted molar refractivity (Wildman–Crippen MR) is 62.0 cm³/mol. The number of rotatable bonds is 7. The van der Waals surface area contributed by atoms with Crippen LogP contribution in [-0.2, 0) is 9.53 Å². The van der Waals surface area contributed by atoms with E-state index in [1.807, 2.05) is 0 Å². The molecular formula is C12H17NO2. The number of allylic oxidation sites excluding steroid dienone is 1. The summed E-state index contributed by atoms with van der Waals surface area (Å²) in [5, 5.41) is 0. The van der Waals surface area contributed by atoms with Crippen LogP contribution >= 0.6 is 0 Å². The molecule has 2 N–H and O–H groups in total. The molecule has 0 aromatic carbocycles. The van der Waals surface area contributed by atoms with Crippen molar-refractivity contribution in [2.45, 2.75) is 18.6 Å². The second-order valence-corrected chi connectivity index (χ2v) is 3.10.